The van der Waals surface area contributed by atoms with Crippen LogP contribution in [0.3, 0.4) is 0 Å². The number of carbonyl (C=O) groups is 2. The summed E-state index contributed by atoms with van der Waals surface area (Å²) >= 11 is 3.25. The Kier molecular flexibility index (Phi) is 6.29. The van der Waals surface area contributed by atoms with Crippen LogP contribution in [0.25, 0.3) is 0 Å². The van der Waals surface area contributed by atoms with Gasteiger partial charge < -0.3 is 14.2 Å². The van der Waals surface area contributed by atoms with Crippen molar-refractivity contribution in [3.63, 3.8) is 0 Å². The minimum Gasteiger partial charge on any atom is -0.493 e. The predicted octanol–water partition coefficient (Wildman–Crippen LogP) is 3.41. The molecular weight excluding hydrogens is 410 g/mol. The third kappa shape index (κ3) is 4.37. The predicted molar refractivity (Wildman–Crippen MR) is 95.0 cm³/mol. The van der Waals surface area contributed by atoms with Crippen molar-refractivity contribution < 1.29 is 28.7 Å². The van der Waals surface area contributed by atoms with Gasteiger partial charge in [-0.15, -0.1) is 0 Å². The number of hydrogen-bond donors (Lipinski definition) is 0. The zero-order valence-corrected chi connectivity index (χ0v) is 15.4. The second-order valence-electron chi connectivity index (χ2n) is 4.99. The molecule has 0 amide bonds. The highest BCUT2D eigenvalue weighted by atomic mass is 79.9. The molecule has 0 fully saturated rings. The van der Waals surface area contributed by atoms with E-state index in [2.05, 4.69) is 15.9 Å². The molecule has 0 aliphatic carbocycles. The van der Waals surface area contributed by atoms with Gasteiger partial charge in [0.25, 0.3) is 5.69 Å². The summed E-state index contributed by atoms with van der Waals surface area (Å²) in [4.78, 5) is 34.8. The van der Waals surface area contributed by atoms with Crippen LogP contribution in [0, 0.1) is 10.1 Å². The SMILES string of the molecule is COc1cc(C(=O)OCC(=O)c2ccc(Br)cc2)c([N+](=O)[O-])cc1OC. The first-order valence-electron chi connectivity index (χ1n) is 7.23. The fourth-order valence-corrected chi connectivity index (χ4v) is 2.38. The number of hydrogen-bond acceptors (Lipinski definition) is 7. The summed E-state index contributed by atoms with van der Waals surface area (Å²) < 4.78 is 15.8. The van der Waals surface area contributed by atoms with E-state index in [1.165, 1.54) is 14.2 Å². The normalized spacial score (nSPS) is 10.1. The van der Waals surface area contributed by atoms with Crippen molar-refractivity contribution in [3.8, 4) is 11.5 Å². The average Bonchev–Trinajstić information content (AvgIpc) is 2.65. The first-order valence-corrected chi connectivity index (χ1v) is 8.03. The third-order valence-corrected chi connectivity index (χ3v) is 3.95. The minimum atomic E-state index is -1.01. The molecule has 0 spiro atoms. The van der Waals surface area contributed by atoms with Crippen LogP contribution in [-0.4, -0.2) is 37.5 Å². The molecule has 0 saturated heterocycles. The lowest BCUT2D eigenvalue weighted by Crippen LogP contribution is -2.15. The van der Waals surface area contributed by atoms with Crippen molar-refractivity contribution in [2.75, 3.05) is 20.8 Å². The summed E-state index contributed by atoms with van der Waals surface area (Å²) in [5.41, 5.74) is -0.497. The molecule has 26 heavy (non-hydrogen) atoms. The first-order chi connectivity index (χ1) is 12.4. The van der Waals surface area contributed by atoms with Crippen LogP contribution in [0.4, 0.5) is 5.69 Å². The monoisotopic (exact) mass is 423 g/mol. The minimum absolute atomic E-state index is 0.0988. The van der Waals surface area contributed by atoms with Gasteiger partial charge in [0, 0.05) is 16.1 Å². The Morgan fingerprint density at radius 1 is 1.08 bits per heavy atom. The van der Waals surface area contributed by atoms with E-state index in [9.17, 15) is 19.7 Å². The number of nitrogens with zero attached hydrogens (tertiary/aromatic N) is 1. The van der Waals surface area contributed by atoms with Gasteiger partial charge in [-0.25, -0.2) is 4.79 Å². The quantitative estimate of drug-likeness (QED) is 0.290. The van der Waals surface area contributed by atoms with Gasteiger partial charge in [0.15, 0.2) is 23.9 Å². The zero-order valence-electron chi connectivity index (χ0n) is 13.9. The van der Waals surface area contributed by atoms with Crippen LogP contribution in [0.15, 0.2) is 40.9 Å². The number of halogens is 1. The summed E-state index contributed by atoms with van der Waals surface area (Å²) in [5, 5.41) is 11.2. The smallest absolute Gasteiger partial charge is 0.345 e. The topological polar surface area (TPSA) is 105 Å². The number of carbonyl (C=O) groups excluding carboxylic acids is 2. The summed E-state index contributed by atoms with van der Waals surface area (Å²) in [6.45, 7) is -0.550. The molecule has 2 aromatic rings. The highest BCUT2D eigenvalue weighted by Gasteiger charge is 2.26. The molecule has 0 radical (unpaired) electrons. The molecule has 0 aliphatic rings. The molecule has 0 aromatic heterocycles. The number of Topliss-reactive ketones (excluding diaryl/α,β-unsaturated/α-hetero) is 1. The molecule has 0 atom stereocenters. The van der Waals surface area contributed by atoms with Crippen molar-refractivity contribution >= 4 is 33.4 Å². The van der Waals surface area contributed by atoms with Crippen LogP contribution >= 0.6 is 15.9 Å². The molecule has 136 valence electrons. The van der Waals surface area contributed by atoms with Gasteiger partial charge >= 0.3 is 5.97 Å². The van der Waals surface area contributed by atoms with E-state index in [4.69, 9.17) is 14.2 Å². The lowest BCUT2D eigenvalue weighted by Gasteiger charge is -2.10. The van der Waals surface area contributed by atoms with Crippen LogP contribution in [0.2, 0.25) is 0 Å². The molecule has 2 rings (SSSR count). The summed E-state index contributed by atoms with van der Waals surface area (Å²) in [5.74, 6) is -1.22. The van der Waals surface area contributed by atoms with E-state index in [0.29, 0.717) is 5.56 Å². The van der Waals surface area contributed by atoms with Crippen molar-refractivity contribution in [1.29, 1.82) is 0 Å². The van der Waals surface area contributed by atoms with Crippen LogP contribution < -0.4 is 9.47 Å². The van der Waals surface area contributed by atoms with E-state index >= 15 is 0 Å². The molecule has 0 unspecified atom stereocenters. The van der Waals surface area contributed by atoms with Gasteiger partial charge in [-0.2, -0.15) is 0 Å². The number of rotatable bonds is 7. The molecule has 2 aromatic carbocycles. The second kappa shape index (κ2) is 8.43. The molecular formula is C17H14BrNO7. The van der Waals surface area contributed by atoms with Crippen molar-refractivity contribution in [3.05, 3.63) is 62.1 Å². The fourth-order valence-electron chi connectivity index (χ4n) is 2.11. The molecule has 0 N–H and O–H groups in total. The van der Waals surface area contributed by atoms with Gasteiger partial charge in [0.1, 0.15) is 5.56 Å². The molecule has 8 nitrogen and oxygen atoms in total. The number of nitro groups is 1. The Morgan fingerprint density at radius 3 is 2.19 bits per heavy atom. The van der Waals surface area contributed by atoms with E-state index < -0.39 is 29.0 Å². The number of esters is 1. The maximum atomic E-state index is 12.2. The lowest BCUT2D eigenvalue weighted by molar-refractivity contribution is -0.385. The van der Waals surface area contributed by atoms with Gasteiger partial charge in [0.2, 0.25) is 0 Å². The molecule has 0 saturated carbocycles. The fraction of sp³-hybridized carbons (Fsp3) is 0.176. The molecule has 0 bridgehead atoms. The Hall–Kier alpha value is -2.94. The molecule has 0 aliphatic heterocycles. The van der Waals surface area contributed by atoms with Crippen molar-refractivity contribution in [2.45, 2.75) is 0 Å². The molecule has 9 heteroatoms. The standard InChI is InChI=1S/C17H14BrNO7/c1-24-15-7-12(13(19(22)23)8-16(15)25-2)17(21)26-9-14(20)10-3-5-11(18)6-4-10/h3-8H,9H2,1-2H3. The Balaban J connectivity index is 2.21. The summed E-state index contributed by atoms with van der Waals surface area (Å²) in [6, 6.07) is 8.69. The van der Waals surface area contributed by atoms with Crippen molar-refractivity contribution in [2.24, 2.45) is 0 Å². The summed E-state index contributed by atoms with van der Waals surface area (Å²) in [7, 11) is 2.65. The second-order valence-corrected chi connectivity index (χ2v) is 5.90. The average molecular weight is 424 g/mol. The number of nitro benzene ring substituents is 1. The van der Waals surface area contributed by atoms with E-state index in [-0.39, 0.29) is 17.1 Å². The van der Waals surface area contributed by atoms with Gasteiger partial charge in [-0.1, -0.05) is 28.1 Å². The maximum absolute atomic E-state index is 12.2. The number of benzene rings is 2. The van der Waals surface area contributed by atoms with Crippen molar-refractivity contribution in [1.82, 2.24) is 0 Å². The van der Waals surface area contributed by atoms with E-state index in [1.807, 2.05) is 0 Å². The highest BCUT2D eigenvalue weighted by Crippen LogP contribution is 2.34. The number of ether oxygens (including phenoxy) is 3. The largest absolute Gasteiger partial charge is 0.493 e. The third-order valence-electron chi connectivity index (χ3n) is 3.42. The maximum Gasteiger partial charge on any atom is 0.345 e. The van der Waals surface area contributed by atoms with Crippen LogP contribution in [0.5, 0.6) is 11.5 Å². The van der Waals surface area contributed by atoms with Crippen LogP contribution in [0.1, 0.15) is 20.7 Å². The first kappa shape index (κ1) is 19.4. The Morgan fingerprint density at radius 2 is 1.65 bits per heavy atom. The highest BCUT2D eigenvalue weighted by molar-refractivity contribution is 9.10. The van der Waals surface area contributed by atoms with E-state index in [1.54, 1.807) is 24.3 Å². The van der Waals surface area contributed by atoms with Gasteiger partial charge in [-0.05, 0) is 12.1 Å². The van der Waals surface area contributed by atoms with E-state index in [0.717, 1.165) is 16.6 Å². The van der Waals surface area contributed by atoms with Crippen LogP contribution in [-0.2, 0) is 4.74 Å². The Bertz CT molecular complexity index is 849. The number of methoxy groups -OCH3 is 2. The van der Waals surface area contributed by atoms with Gasteiger partial charge in [0.05, 0.1) is 25.2 Å². The van der Waals surface area contributed by atoms with Gasteiger partial charge in [-0.3, -0.25) is 14.9 Å². The molecule has 0 heterocycles. The number of ketones is 1. The lowest BCUT2D eigenvalue weighted by atomic mass is 10.1. The zero-order chi connectivity index (χ0) is 19.3. The summed E-state index contributed by atoms with van der Waals surface area (Å²) in [6.07, 6.45) is 0. The Labute approximate surface area is 156 Å².